The van der Waals surface area contributed by atoms with E-state index in [1.165, 1.54) is 25.3 Å². The Kier molecular flexibility index (Phi) is 2.19. The van der Waals surface area contributed by atoms with Crippen LogP contribution in [0.2, 0.25) is 0 Å². The van der Waals surface area contributed by atoms with Crippen LogP contribution in [0.15, 0.2) is 18.2 Å². The molecule has 1 aromatic rings. The maximum absolute atomic E-state index is 11.0. The van der Waals surface area contributed by atoms with Crippen LogP contribution in [0.25, 0.3) is 0 Å². The van der Waals surface area contributed by atoms with Gasteiger partial charge in [-0.2, -0.15) is 0 Å². The number of hydrogen-bond donors (Lipinski definition) is 2. The Hall–Kier alpha value is -1.71. The molecule has 0 aliphatic heterocycles. The molecule has 0 aliphatic rings. The highest BCUT2D eigenvalue weighted by molar-refractivity contribution is 5.95. The number of esters is 1. The van der Waals surface area contributed by atoms with E-state index >= 15 is 0 Å². The predicted octanol–water partition coefficient (Wildman–Crippen LogP) is 0.761. The first-order valence-corrected chi connectivity index (χ1v) is 3.32. The van der Waals surface area contributed by atoms with E-state index in [1.807, 2.05) is 0 Å². The van der Waals surface area contributed by atoms with Gasteiger partial charge in [0.1, 0.15) is 5.75 Å². The number of carbonyl (C=O) groups excluding carboxylic acids is 1. The maximum Gasteiger partial charge on any atom is 0.339 e. The molecule has 12 heavy (non-hydrogen) atoms. The van der Waals surface area contributed by atoms with Crippen molar-refractivity contribution in [3.63, 3.8) is 0 Å². The molecule has 1 aromatic carbocycles. The van der Waals surface area contributed by atoms with Gasteiger partial charge in [-0.1, -0.05) is 0 Å². The molecule has 0 atom stereocenters. The van der Waals surface area contributed by atoms with Crippen molar-refractivity contribution in [1.29, 1.82) is 0 Å². The summed E-state index contributed by atoms with van der Waals surface area (Å²) >= 11 is 0. The van der Waals surface area contributed by atoms with Crippen LogP contribution in [0.3, 0.4) is 0 Å². The van der Waals surface area contributed by atoms with Crippen molar-refractivity contribution in [1.82, 2.24) is 0 Å². The molecule has 0 fully saturated rings. The van der Waals surface area contributed by atoms with Crippen molar-refractivity contribution >= 4 is 11.7 Å². The molecule has 0 saturated carbocycles. The summed E-state index contributed by atoms with van der Waals surface area (Å²) in [6, 6.07) is 4.09. The number of phenols is 1. The summed E-state index contributed by atoms with van der Waals surface area (Å²) in [7, 11) is 1.27. The van der Waals surface area contributed by atoms with Gasteiger partial charge in [0.25, 0.3) is 0 Å². The number of benzene rings is 1. The molecule has 0 unspecified atom stereocenters. The molecule has 0 saturated heterocycles. The second-order valence-corrected chi connectivity index (χ2v) is 2.26. The van der Waals surface area contributed by atoms with Crippen LogP contribution < -0.4 is 5.73 Å². The fourth-order valence-corrected chi connectivity index (χ4v) is 0.846. The minimum atomic E-state index is -0.507. The molecule has 64 valence electrons. The summed E-state index contributed by atoms with van der Waals surface area (Å²) in [4.78, 5) is 11.0. The summed E-state index contributed by atoms with van der Waals surface area (Å²) in [5, 5.41) is 8.96. The molecule has 0 amide bonds. The molecule has 0 aromatic heterocycles. The largest absolute Gasteiger partial charge is 0.508 e. The van der Waals surface area contributed by atoms with Gasteiger partial charge in [-0.25, -0.2) is 4.79 Å². The third kappa shape index (κ3) is 1.47. The van der Waals surface area contributed by atoms with E-state index < -0.39 is 5.97 Å². The summed E-state index contributed by atoms with van der Waals surface area (Å²) in [6.45, 7) is 0. The monoisotopic (exact) mass is 167 g/mol. The van der Waals surface area contributed by atoms with Gasteiger partial charge in [0.05, 0.1) is 12.7 Å². The van der Waals surface area contributed by atoms with E-state index in [0.717, 1.165) is 0 Å². The van der Waals surface area contributed by atoms with Gasteiger partial charge in [-0.3, -0.25) is 0 Å². The number of aromatic hydroxyl groups is 1. The average molecular weight is 167 g/mol. The summed E-state index contributed by atoms with van der Waals surface area (Å²) in [5.74, 6) is -0.479. The maximum atomic E-state index is 11.0. The molecule has 3 N–H and O–H groups in total. The van der Waals surface area contributed by atoms with Crippen LogP contribution >= 0.6 is 0 Å². The number of hydrogen-bond acceptors (Lipinski definition) is 4. The molecule has 4 nitrogen and oxygen atoms in total. The van der Waals surface area contributed by atoms with Crippen LogP contribution in [0.1, 0.15) is 10.4 Å². The fraction of sp³-hybridized carbons (Fsp3) is 0.125. The first-order chi connectivity index (χ1) is 5.65. The van der Waals surface area contributed by atoms with Crippen LogP contribution in [-0.2, 0) is 4.74 Å². The van der Waals surface area contributed by atoms with Crippen molar-refractivity contribution in [3.05, 3.63) is 23.8 Å². The van der Waals surface area contributed by atoms with E-state index in [0.29, 0.717) is 0 Å². The topological polar surface area (TPSA) is 72.5 Å². The zero-order valence-corrected chi connectivity index (χ0v) is 6.57. The highest BCUT2D eigenvalue weighted by Crippen LogP contribution is 2.18. The highest BCUT2D eigenvalue weighted by atomic mass is 16.5. The smallest absolute Gasteiger partial charge is 0.339 e. The minimum absolute atomic E-state index is 0.0279. The van der Waals surface area contributed by atoms with E-state index in [9.17, 15) is 4.79 Å². The van der Waals surface area contributed by atoms with Crippen molar-refractivity contribution in [2.45, 2.75) is 0 Å². The van der Waals surface area contributed by atoms with Crippen molar-refractivity contribution in [2.75, 3.05) is 12.8 Å². The quantitative estimate of drug-likeness (QED) is 0.478. The van der Waals surface area contributed by atoms with Gasteiger partial charge in [-0.15, -0.1) is 0 Å². The zero-order valence-electron chi connectivity index (χ0n) is 6.57. The summed E-state index contributed by atoms with van der Waals surface area (Å²) < 4.78 is 4.46. The first kappa shape index (κ1) is 8.39. The van der Waals surface area contributed by atoms with E-state index in [4.69, 9.17) is 10.8 Å². The number of nitrogen functional groups attached to an aromatic ring is 1. The Morgan fingerprint density at radius 1 is 1.58 bits per heavy atom. The lowest BCUT2D eigenvalue weighted by atomic mass is 10.2. The van der Waals surface area contributed by atoms with Gasteiger partial charge < -0.3 is 15.6 Å². The molecular weight excluding hydrogens is 158 g/mol. The predicted molar refractivity (Wildman–Crippen MR) is 43.9 cm³/mol. The molecule has 0 aliphatic carbocycles. The molecule has 1 rings (SSSR count). The lowest BCUT2D eigenvalue weighted by Gasteiger charge is -2.02. The number of methoxy groups -OCH3 is 1. The number of phenolic OH excluding ortho intramolecular Hbond substituents is 1. The lowest BCUT2D eigenvalue weighted by Crippen LogP contribution is -2.04. The number of anilines is 1. The van der Waals surface area contributed by atoms with Gasteiger partial charge >= 0.3 is 5.97 Å². The second-order valence-electron chi connectivity index (χ2n) is 2.26. The van der Waals surface area contributed by atoms with E-state index in [-0.39, 0.29) is 17.0 Å². The number of ether oxygens (including phenoxy) is 1. The fourth-order valence-electron chi connectivity index (χ4n) is 0.846. The lowest BCUT2D eigenvalue weighted by molar-refractivity contribution is 0.0602. The van der Waals surface area contributed by atoms with E-state index in [1.54, 1.807) is 0 Å². The molecule has 0 bridgehead atoms. The SMILES string of the molecule is COC(=O)c1ccc(O)cc1N. The second kappa shape index (κ2) is 3.13. The van der Waals surface area contributed by atoms with Gasteiger partial charge in [-0.05, 0) is 12.1 Å². The minimum Gasteiger partial charge on any atom is -0.508 e. The number of rotatable bonds is 1. The third-order valence-electron chi connectivity index (χ3n) is 1.44. The van der Waals surface area contributed by atoms with Gasteiger partial charge in [0, 0.05) is 11.8 Å². The Morgan fingerprint density at radius 3 is 2.75 bits per heavy atom. The number of carbonyl (C=O) groups is 1. The van der Waals surface area contributed by atoms with Crippen molar-refractivity contribution in [3.8, 4) is 5.75 Å². The standard InChI is InChI=1S/C8H9NO3/c1-12-8(11)6-3-2-5(10)4-7(6)9/h2-4,10H,9H2,1H3. The van der Waals surface area contributed by atoms with Crippen LogP contribution in [0.5, 0.6) is 5.75 Å². The first-order valence-electron chi connectivity index (χ1n) is 3.32. The van der Waals surface area contributed by atoms with Crippen LogP contribution in [-0.4, -0.2) is 18.2 Å². The molecule has 0 radical (unpaired) electrons. The summed E-state index contributed by atoms with van der Waals surface area (Å²) in [5.41, 5.74) is 5.91. The average Bonchev–Trinajstić information content (AvgIpc) is 2.03. The van der Waals surface area contributed by atoms with Gasteiger partial charge in [0.2, 0.25) is 0 Å². The van der Waals surface area contributed by atoms with E-state index in [2.05, 4.69) is 4.74 Å². The molecule has 0 heterocycles. The number of nitrogens with two attached hydrogens (primary N) is 1. The normalized spacial score (nSPS) is 9.42. The molecule has 0 spiro atoms. The summed E-state index contributed by atoms with van der Waals surface area (Å²) in [6.07, 6.45) is 0. The van der Waals surface area contributed by atoms with Crippen molar-refractivity contribution in [2.24, 2.45) is 0 Å². The molecule has 4 heteroatoms. The Bertz CT molecular complexity index is 309. The van der Waals surface area contributed by atoms with Crippen LogP contribution in [0, 0.1) is 0 Å². The third-order valence-corrected chi connectivity index (χ3v) is 1.44. The molecular formula is C8H9NO3. The Balaban J connectivity index is 3.09. The van der Waals surface area contributed by atoms with Gasteiger partial charge in [0.15, 0.2) is 0 Å². The van der Waals surface area contributed by atoms with Crippen molar-refractivity contribution < 1.29 is 14.6 Å². The zero-order chi connectivity index (χ0) is 9.14. The Morgan fingerprint density at radius 2 is 2.25 bits per heavy atom. The Labute approximate surface area is 69.6 Å². The highest BCUT2D eigenvalue weighted by Gasteiger charge is 2.08. The van der Waals surface area contributed by atoms with Crippen LogP contribution in [0.4, 0.5) is 5.69 Å².